The molecule has 8 rings (SSSR count). The fourth-order valence-corrected chi connectivity index (χ4v) is 12.5. The second-order valence-corrected chi connectivity index (χ2v) is 24.3. The van der Waals surface area contributed by atoms with Gasteiger partial charge in [-0.3, -0.25) is 19.2 Å². The molecule has 9 nitrogen and oxygen atoms in total. The normalized spacial score (nSPS) is 12.2. The smallest absolute Gasteiger partial charge is 0.315 e. The Hall–Kier alpha value is -7.00. The summed E-state index contributed by atoms with van der Waals surface area (Å²) in [5, 5.41) is 4.74. The zero-order chi connectivity index (χ0) is 60.8. The third-order valence-corrected chi connectivity index (χ3v) is 17.3. The summed E-state index contributed by atoms with van der Waals surface area (Å²) in [6.45, 7) is 8.07. The molecule has 0 spiro atoms. The van der Waals surface area contributed by atoms with Crippen LogP contribution in [0.5, 0.6) is 28.7 Å². The van der Waals surface area contributed by atoms with Crippen molar-refractivity contribution in [3.05, 3.63) is 138 Å². The molecule has 87 heavy (non-hydrogen) atoms. The predicted molar refractivity (Wildman–Crippen MR) is 358 cm³/mol. The van der Waals surface area contributed by atoms with Gasteiger partial charge in [-0.25, -0.2) is 0 Å². The van der Waals surface area contributed by atoms with Gasteiger partial charge >= 0.3 is 11.9 Å². The molecule has 0 radical (unpaired) electrons. The number of ketones is 2. The lowest BCUT2D eigenvalue weighted by Gasteiger charge is -2.23. The fourth-order valence-electron chi connectivity index (χ4n) is 12.5. The van der Waals surface area contributed by atoms with Crippen molar-refractivity contribution in [1.29, 1.82) is 0 Å². The Kier molecular flexibility index (Phi) is 27.6. The van der Waals surface area contributed by atoms with Crippen LogP contribution in [-0.4, -0.2) is 43.3 Å². The topological polar surface area (TPSA) is 114 Å². The maximum Gasteiger partial charge on any atom is 0.315 e. The van der Waals surface area contributed by atoms with E-state index in [9.17, 15) is 19.2 Å². The van der Waals surface area contributed by atoms with Gasteiger partial charge in [0.05, 0.1) is 32.7 Å². The van der Waals surface area contributed by atoms with Gasteiger partial charge in [-0.15, -0.1) is 0 Å². The molecule has 7 aromatic rings. The first kappa shape index (κ1) is 66.0. The summed E-state index contributed by atoms with van der Waals surface area (Å²) in [5.41, 5.74) is 2.12. The van der Waals surface area contributed by atoms with Crippen LogP contribution in [0.4, 0.5) is 0 Å². The molecule has 0 bridgehead atoms. The van der Waals surface area contributed by atoms with E-state index in [0.717, 1.165) is 68.9 Å². The third-order valence-electron chi connectivity index (χ3n) is 17.3. The highest BCUT2D eigenvalue weighted by Gasteiger charge is 2.30. The van der Waals surface area contributed by atoms with E-state index in [4.69, 9.17) is 23.7 Å². The van der Waals surface area contributed by atoms with Crippen LogP contribution in [0.25, 0.3) is 43.1 Å². The molecule has 7 aromatic carbocycles. The molecule has 464 valence electrons. The number of fused-ring (bicyclic) bond motifs is 9. The predicted octanol–water partition coefficient (Wildman–Crippen LogP) is 21.4. The number of esters is 2. The fraction of sp³-hybridized carbons (Fsp3) is 0.487. The molecule has 0 fully saturated rings. The SMILES string of the molecule is CCCCCCCCCCCCOc1cc2c(c3c1cc(OCCCCCCCCCCCC)c1ccc4c(OCCCCCCCCCCCC)cc5c(OC(=O)Cc6ccccc6)ccc(OC(=O)Cc6ccccc6)c5c4c13)C(=O)C=CC2=O. The van der Waals surface area contributed by atoms with E-state index in [1.54, 1.807) is 18.2 Å². The van der Waals surface area contributed by atoms with Crippen LogP contribution in [0.3, 0.4) is 0 Å². The summed E-state index contributed by atoms with van der Waals surface area (Å²) in [6, 6.07) is 32.1. The second-order valence-electron chi connectivity index (χ2n) is 24.3. The van der Waals surface area contributed by atoms with Gasteiger partial charge in [-0.1, -0.05) is 255 Å². The zero-order valence-electron chi connectivity index (χ0n) is 52.9. The molecule has 0 N–H and O–H groups in total. The minimum atomic E-state index is -0.484. The number of rotatable bonds is 42. The van der Waals surface area contributed by atoms with Crippen LogP contribution >= 0.6 is 0 Å². The molecule has 0 atom stereocenters. The Labute approximate surface area is 519 Å². The lowest BCUT2D eigenvalue weighted by molar-refractivity contribution is -0.134. The van der Waals surface area contributed by atoms with E-state index >= 15 is 0 Å². The minimum absolute atomic E-state index is 0.00492. The van der Waals surface area contributed by atoms with E-state index in [-0.39, 0.29) is 47.0 Å². The maximum atomic E-state index is 14.8. The van der Waals surface area contributed by atoms with Crippen molar-refractivity contribution in [3.8, 4) is 28.7 Å². The Morgan fingerprint density at radius 3 is 1.09 bits per heavy atom. The number of carbonyl (C=O) groups excluding carboxylic acids is 4. The summed E-state index contributed by atoms with van der Waals surface area (Å²) >= 11 is 0. The van der Waals surface area contributed by atoms with Gasteiger partial charge in [-0.05, 0) is 85.0 Å². The standard InChI is InChI=1S/C78H98O9/c1-4-7-10-13-16-19-22-25-28-37-50-83-69-56-63-67(86-72(81)53-58-40-33-31-34-41-58)48-49-68(87-73(82)54-59-42-35-32-36-43-59)75(63)76-60(69)44-45-61-70(84-51-38-29-26-23-20-17-14-11-8-5-2)57-64-71(85-52-39-30-27-24-21-18-15-12-9-6-3)55-62-65(79)46-47-66(80)74(62)78(64)77(61)76/h31-36,40-49,55-57H,4-30,37-39,50-54H2,1-3H3. The molecular formula is C78H98O9. The minimum Gasteiger partial charge on any atom is -0.493 e. The molecule has 0 amide bonds. The maximum absolute atomic E-state index is 14.8. The largest absolute Gasteiger partial charge is 0.493 e. The van der Waals surface area contributed by atoms with Crippen LogP contribution in [0.2, 0.25) is 0 Å². The van der Waals surface area contributed by atoms with Crippen molar-refractivity contribution in [1.82, 2.24) is 0 Å². The number of carbonyl (C=O) groups is 4. The van der Waals surface area contributed by atoms with Gasteiger partial charge in [-0.2, -0.15) is 0 Å². The molecule has 0 saturated heterocycles. The zero-order valence-corrected chi connectivity index (χ0v) is 52.9. The van der Waals surface area contributed by atoms with Gasteiger partial charge in [0.25, 0.3) is 0 Å². The quantitative estimate of drug-likeness (QED) is 0.0160. The number of unbranched alkanes of at least 4 members (excludes halogenated alkanes) is 27. The molecular weight excluding hydrogens is 1080 g/mol. The number of hydrogen-bond donors (Lipinski definition) is 0. The average molecular weight is 1180 g/mol. The van der Waals surface area contributed by atoms with E-state index < -0.39 is 11.9 Å². The Balaban J connectivity index is 1.28. The summed E-state index contributed by atoms with van der Waals surface area (Å²) < 4.78 is 33.7. The lowest BCUT2D eigenvalue weighted by Crippen LogP contribution is -2.14. The molecule has 0 saturated carbocycles. The van der Waals surface area contributed by atoms with E-state index in [0.29, 0.717) is 80.2 Å². The van der Waals surface area contributed by atoms with Crippen LogP contribution in [-0.2, 0) is 22.4 Å². The van der Waals surface area contributed by atoms with Crippen molar-refractivity contribution in [2.75, 3.05) is 19.8 Å². The highest BCUT2D eigenvalue weighted by Crippen LogP contribution is 2.51. The second kappa shape index (κ2) is 36.3. The molecule has 0 aromatic heterocycles. The van der Waals surface area contributed by atoms with Crippen molar-refractivity contribution >= 4 is 66.6 Å². The third kappa shape index (κ3) is 19.5. The highest BCUT2D eigenvalue weighted by atomic mass is 16.5. The highest BCUT2D eigenvalue weighted by molar-refractivity contribution is 6.37. The Bertz CT molecular complexity index is 3340. The molecule has 1 aliphatic rings. The van der Waals surface area contributed by atoms with Crippen LogP contribution in [0, 0.1) is 0 Å². The molecule has 0 aliphatic heterocycles. The first-order chi connectivity index (χ1) is 42.8. The van der Waals surface area contributed by atoms with Gasteiger partial charge in [0.15, 0.2) is 11.6 Å². The van der Waals surface area contributed by atoms with Gasteiger partial charge in [0.2, 0.25) is 0 Å². The monoisotopic (exact) mass is 1180 g/mol. The van der Waals surface area contributed by atoms with E-state index in [2.05, 4.69) is 20.8 Å². The van der Waals surface area contributed by atoms with Crippen molar-refractivity contribution in [2.45, 2.75) is 226 Å². The van der Waals surface area contributed by atoms with Gasteiger partial charge < -0.3 is 23.7 Å². The van der Waals surface area contributed by atoms with E-state index in [1.165, 1.54) is 147 Å². The van der Waals surface area contributed by atoms with Crippen molar-refractivity contribution < 1.29 is 42.9 Å². The number of hydrogen-bond acceptors (Lipinski definition) is 9. The van der Waals surface area contributed by atoms with Crippen molar-refractivity contribution in [2.24, 2.45) is 0 Å². The number of ether oxygens (including phenoxy) is 5. The van der Waals surface area contributed by atoms with Gasteiger partial charge in [0, 0.05) is 54.2 Å². The number of benzene rings is 7. The first-order valence-electron chi connectivity index (χ1n) is 33.9. The van der Waals surface area contributed by atoms with Crippen LogP contribution < -0.4 is 23.7 Å². The Morgan fingerprint density at radius 2 is 0.667 bits per heavy atom. The molecule has 0 heterocycles. The van der Waals surface area contributed by atoms with Crippen molar-refractivity contribution in [3.63, 3.8) is 0 Å². The molecule has 0 unspecified atom stereocenters. The number of allylic oxidation sites excluding steroid dienone is 2. The first-order valence-corrected chi connectivity index (χ1v) is 33.9. The summed E-state index contributed by atoms with van der Waals surface area (Å²) in [7, 11) is 0. The van der Waals surface area contributed by atoms with Crippen LogP contribution in [0.1, 0.15) is 245 Å². The molecule has 9 heteroatoms. The summed E-state index contributed by atoms with van der Waals surface area (Å²) in [6.07, 6.45) is 38.2. The van der Waals surface area contributed by atoms with Crippen LogP contribution in [0.15, 0.2) is 115 Å². The average Bonchev–Trinajstić information content (AvgIpc) is 0.852. The molecule has 1 aliphatic carbocycles. The van der Waals surface area contributed by atoms with Gasteiger partial charge in [0.1, 0.15) is 28.7 Å². The Morgan fingerprint density at radius 1 is 0.322 bits per heavy atom. The summed E-state index contributed by atoms with van der Waals surface area (Å²) in [5.74, 6) is 0.565. The lowest BCUT2D eigenvalue weighted by atomic mass is 9.84. The summed E-state index contributed by atoms with van der Waals surface area (Å²) in [4.78, 5) is 57.5. The van der Waals surface area contributed by atoms with E-state index in [1.807, 2.05) is 84.9 Å².